The molecule has 0 unspecified atom stereocenters. The monoisotopic (exact) mass is 373 g/mol. The zero-order valence-electron chi connectivity index (χ0n) is 13.0. The first-order valence-electron chi connectivity index (χ1n) is 7.11. The van der Waals surface area contributed by atoms with Gasteiger partial charge in [-0.25, -0.2) is 13.2 Å². The van der Waals surface area contributed by atoms with E-state index in [1.54, 1.807) is 6.92 Å². The maximum absolute atomic E-state index is 12.7. The second-order valence-corrected chi connectivity index (χ2v) is 6.61. The van der Waals surface area contributed by atoms with Crippen LogP contribution in [0.2, 0.25) is 0 Å². The lowest BCUT2D eigenvalue weighted by Gasteiger charge is -2.11. The average Bonchev–Trinajstić information content (AvgIpc) is 2.54. The normalized spacial score (nSPS) is 11.8. The largest absolute Gasteiger partial charge is 0.462 e. The predicted octanol–water partition coefficient (Wildman–Crippen LogP) is 3.68. The lowest BCUT2D eigenvalue weighted by Crippen LogP contribution is -2.15. The molecule has 5 nitrogen and oxygen atoms in total. The minimum atomic E-state index is -4.66. The molecule has 134 valence electrons. The van der Waals surface area contributed by atoms with Crippen molar-refractivity contribution in [1.82, 2.24) is 0 Å². The molecule has 0 saturated heterocycles. The number of carbonyl (C=O) groups excluding carboxylic acids is 1. The standard InChI is InChI=1S/C16H14F3NO4S/c1-2-24-15(21)11-5-3-7-13(9-11)20-25(22,23)14-8-4-6-12(10-14)16(17,18)19/h3-10,20H,2H2,1H3. The van der Waals surface area contributed by atoms with Crippen molar-refractivity contribution in [2.75, 3.05) is 11.3 Å². The number of rotatable bonds is 5. The highest BCUT2D eigenvalue weighted by atomic mass is 32.2. The molecule has 9 heteroatoms. The van der Waals surface area contributed by atoms with Gasteiger partial charge in [-0.05, 0) is 43.3 Å². The van der Waals surface area contributed by atoms with Gasteiger partial charge in [0.25, 0.3) is 10.0 Å². The van der Waals surface area contributed by atoms with Gasteiger partial charge in [0.1, 0.15) is 0 Å². The van der Waals surface area contributed by atoms with Crippen molar-refractivity contribution in [3.63, 3.8) is 0 Å². The van der Waals surface area contributed by atoms with E-state index in [2.05, 4.69) is 4.72 Å². The molecule has 0 amide bonds. The van der Waals surface area contributed by atoms with Gasteiger partial charge < -0.3 is 4.74 Å². The Hall–Kier alpha value is -2.55. The Morgan fingerprint density at radius 2 is 1.80 bits per heavy atom. The molecule has 0 aliphatic heterocycles. The molecule has 0 bridgehead atoms. The zero-order valence-corrected chi connectivity index (χ0v) is 13.8. The Morgan fingerprint density at radius 1 is 1.12 bits per heavy atom. The van der Waals surface area contributed by atoms with Crippen molar-refractivity contribution >= 4 is 21.7 Å². The van der Waals surface area contributed by atoms with Crippen molar-refractivity contribution in [3.05, 3.63) is 59.7 Å². The summed E-state index contributed by atoms with van der Waals surface area (Å²) in [5.41, 5.74) is -0.926. The SMILES string of the molecule is CCOC(=O)c1cccc(NS(=O)(=O)c2cccc(C(F)(F)F)c2)c1. The molecule has 2 aromatic rings. The average molecular weight is 373 g/mol. The number of sulfonamides is 1. The second kappa shape index (κ2) is 7.14. The van der Waals surface area contributed by atoms with Crippen LogP contribution in [0.3, 0.4) is 0 Å². The van der Waals surface area contributed by atoms with Crippen LogP contribution in [-0.4, -0.2) is 21.0 Å². The molecule has 0 fully saturated rings. The summed E-state index contributed by atoms with van der Waals surface area (Å²) in [7, 11) is -4.25. The first kappa shape index (κ1) is 18.8. The number of esters is 1. The zero-order chi connectivity index (χ0) is 18.7. The smallest absolute Gasteiger partial charge is 0.416 e. The minimum absolute atomic E-state index is 0.0305. The molecule has 0 radical (unpaired) electrons. The second-order valence-electron chi connectivity index (χ2n) is 4.93. The Bertz CT molecular complexity index is 879. The molecule has 0 spiro atoms. The van der Waals surface area contributed by atoms with Gasteiger partial charge in [-0.3, -0.25) is 4.72 Å². The Balaban J connectivity index is 2.31. The van der Waals surface area contributed by atoms with Crippen LogP contribution in [0.4, 0.5) is 18.9 Å². The summed E-state index contributed by atoms with van der Waals surface area (Å²) in [5.74, 6) is -0.636. The molecule has 0 heterocycles. The summed E-state index contributed by atoms with van der Waals surface area (Å²) in [6.07, 6.45) is -4.66. The van der Waals surface area contributed by atoms with E-state index in [1.165, 1.54) is 24.3 Å². The first-order valence-corrected chi connectivity index (χ1v) is 8.59. The molecular formula is C16H14F3NO4S. The Labute approximate surface area is 142 Å². The highest BCUT2D eigenvalue weighted by Crippen LogP contribution is 2.30. The van der Waals surface area contributed by atoms with E-state index in [0.717, 1.165) is 18.2 Å². The Kier molecular flexibility index (Phi) is 5.36. The summed E-state index contributed by atoms with van der Waals surface area (Å²) in [6.45, 7) is 1.77. The number of ether oxygens (including phenoxy) is 1. The summed E-state index contributed by atoms with van der Waals surface area (Å²) < 4.78 is 69.7. The van der Waals surface area contributed by atoms with Crippen molar-refractivity contribution in [2.24, 2.45) is 0 Å². The lowest BCUT2D eigenvalue weighted by molar-refractivity contribution is -0.137. The maximum Gasteiger partial charge on any atom is 0.416 e. The van der Waals surface area contributed by atoms with Gasteiger partial charge >= 0.3 is 12.1 Å². The van der Waals surface area contributed by atoms with E-state index in [1.807, 2.05) is 0 Å². The molecule has 2 aromatic carbocycles. The van der Waals surface area contributed by atoms with Crippen LogP contribution in [0.15, 0.2) is 53.4 Å². The molecule has 0 aliphatic rings. The minimum Gasteiger partial charge on any atom is -0.462 e. The van der Waals surface area contributed by atoms with Gasteiger partial charge in [0, 0.05) is 5.69 Å². The number of hydrogen-bond acceptors (Lipinski definition) is 4. The van der Waals surface area contributed by atoms with E-state index < -0.39 is 32.6 Å². The van der Waals surface area contributed by atoms with E-state index in [0.29, 0.717) is 6.07 Å². The third kappa shape index (κ3) is 4.72. The fourth-order valence-electron chi connectivity index (χ4n) is 1.98. The van der Waals surface area contributed by atoms with E-state index in [4.69, 9.17) is 4.74 Å². The van der Waals surface area contributed by atoms with Crippen molar-refractivity contribution < 1.29 is 31.1 Å². The van der Waals surface area contributed by atoms with Crippen LogP contribution >= 0.6 is 0 Å². The van der Waals surface area contributed by atoms with Gasteiger partial charge in [0.2, 0.25) is 0 Å². The van der Waals surface area contributed by atoms with Gasteiger partial charge in [-0.1, -0.05) is 12.1 Å². The number of benzene rings is 2. The number of nitrogens with one attached hydrogen (secondary N) is 1. The molecule has 0 saturated carbocycles. The third-order valence-corrected chi connectivity index (χ3v) is 4.48. The van der Waals surface area contributed by atoms with E-state index >= 15 is 0 Å². The van der Waals surface area contributed by atoms with Crippen molar-refractivity contribution in [3.8, 4) is 0 Å². The number of halogens is 3. The fraction of sp³-hybridized carbons (Fsp3) is 0.188. The fourth-order valence-corrected chi connectivity index (χ4v) is 3.07. The molecule has 25 heavy (non-hydrogen) atoms. The van der Waals surface area contributed by atoms with Crippen molar-refractivity contribution in [2.45, 2.75) is 18.0 Å². The lowest BCUT2D eigenvalue weighted by atomic mass is 10.2. The number of alkyl halides is 3. The predicted molar refractivity (Wildman–Crippen MR) is 84.7 cm³/mol. The van der Waals surface area contributed by atoms with Gasteiger partial charge in [-0.15, -0.1) is 0 Å². The van der Waals surface area contributed by atoms with Crippen LogP contribution in [0.25, 0.3) is 0 Å². The first-order chi connectivity index (χ1) is 11.6. The molecule has 0 aliphatic carbocycles. The summed E-state index contributed by atoms with van der Waals surface area (Å²) in [5, 5.41) is 0. The quantitative estimate of drug-likeness (QED) is 0.812. The highest BCUT2D eigenvalue weighted by molar-refractivity contribution is 7.92. The molecular weight excluding hydrogens is 359 g/mol. The van der Waals surface area contributed by atoms with Crippen LogP contribution in [0, 0.1) is 0 Å². The summed E-state index contributed by atoms with van der Waals surface area (Å²) >= 11 is 0. The highest BCUT2D eigenvalue weighted by Gasteiger charge is 2.31. The van der Waals surface area contributed by atoms with Crippen LogP contribution in [0.5, 0.6) is 0 Å². The van der Waals surface area contributed by atoms with E-state index in [9.17, 15) is 26.4 Å². The number of anilines is 1. The maximum atomic E-state index is 12.7. The van der Waals surface area contributed by atoms with E-state index in [-0.39, 0.29) is 17.9 Å². The topological polar surface area (TPSA) is 72.5 Å². The molecule has 1 N–H and O–H groups in total. The third-order valence-electron chi connectivity index (χ3n) is 3.10. The van der Waals surface area contributed by atoms with Gasteiger partial charge in [-0.2, -0.15) is 13.2 Å². The molecule has 0 aromatic heterocycles. The van der Waals surface area contributed by atoms with Crippen molar-refractivity contribution in [1.29, 1.82) is 0 Å². The number of hydrogen-bond donors (Lipinski definition) is 1. The molecule has 2 rings (SSSR count). The summed E-state index contributed by atoms with van der Waals surface area (Å²) in [6, 6.07) is 8.84. The number of carbonyl (C=O) groups is 1. The van der Waals surface area contributed by atoms with Gasteiger partial charge in [0.15, 0.2) is 0 Å². The summed E-state index contributed by atoms with van der Waals surface area (Å²) in [4.78, 5) is 11.1. The van der Waals surface area contributed by atoms with Gasteiger partial charge in [0.05, 0.1) is 22.6 Å². The molecule has 0 atom stereocenters. The Morgan fingerprint density at radius 3 is 2.44 bits per heavy atom. The van der Waals surface area contributed by atoms with Crippen LogP contribution < -0.4 is 4.72 Å². The van der Waals surface area contributed by atoms with Crippen LogP contribution in [0.1, 0.15) is 22.8 Å². The van der Waals surface area contributed by atoms with Crippen LogP contribution in [-0.2, 0) is 20.9 Å².